The summed E-state index contributed by atoms with van der Waals surface area (Å²) < 4.78 is 0. The highest BCUT2D eigenvalue weighted by molar-refractivity contribution is 7.16. The second kappa shape index (κ2) is 11.7. The molecule has 0 saturated heterocycles. The quantitative estimate of drug-likeness (QED) is 0.168. The Morgan fingerprint density at radius 2 is 0.667 bits per heavy atom. The highest BCUT2D eigenvalue weighted by Gasteiger charge is 2.14. The monoisotopic (exact) mass is 578 g/mol. The van der Waals surface area contributed by atoms with Gasteiger partial charge in [-0.25, -0.2) is 0 Å². The lowest BCUT2D eigenvalue weighted by atomic mass is 9.98. The summed E-state index contributed by atoms with van der Waals surface area (Å²) in [6, 6.07) is 40.9. The van der Waals surface area contributed by atoms with Crippen LogP contribution in [0.3, 0.4) is 0 Å². The van der Waals surface area contributed by atoms with Crippen molar-refractivity contribution in [3.63, 3.8) is 0 Å². The van der Waals surface area contributed by atoms with Crippen LogP contribution in [0.1, 0.15) is 37.8 Å². The number of rotatable bonds is 8. The van der Waals surface area contributed by atoms with Crippen molar-refractivity contribution in [2.75, 3.05) is 0 Å². The third-order valence-corrected chi connectivity index (χ3v) is 10.4. The van der Waals surface area contributed by atoms with Gasteiger partial charge in [-0.15, -0.1) is 22.7 Å². The molecule has 0 N–H and O–H groups in total. The number of benzene rings is 5. The highest BCUT2D eigenvalue weighted by atomic mass is 32.1. The first-order valence-electron chi connectivity index (χ1n) is 15.0. The summed E-state index contributed by atoms with van der Waals surface area (Å²) in [5.41, 5.74) is 10.5. The Bertz CT molecular complexity index is 1800. The van der Waals surface area contributed by atoms with Crippen molar-refractivity contribution in [2.24, 2.45) is 0 Å². The molecule has 0 aliphatic rings. The zero-order valence-electron chi connectivity index (χ0n) is 24.2. The molecular formula is C40H34S2. The summed E-state index contributed by atoms with van der Waals surface area (Å²) in [5, 5.41) is 10.1. The average molecular weight is 579 g/mol. The Labute approximate surface area is 256 Å². The maximum absolute atomic E-state index is 2.34. The molecule has 2 heterocycles. The van der Waals surface area contributed by atoms with Gasteiger partial charge >= 0.3 is 0 Å². The standard InChI is InChI=1S/C40H34S2/c1-3-5-27-7-11-29(12-8-27)31-15-19-33(20-16-31)39-35-23-24-36-38(37(35)25-41-39)26-42-40(36)34-21-17-32(18-22-34)30-13-9-28(6-4-2)10-14-30/h7-26H,3-6H2,1-2H3. The van der Waals surface area contributed by atoms with Crippen molar-refractivity contribution in [3.8, 4) is 43.1 Å². The van der Waals surface area contributed by atoms with Crippen LogP contribution in [0, 0.1) is 0 Å². The van der Waals surface area contributed by atoms with Crippen molar-refractivity contribution in [1.82, 2.24) is 0 Å². The lowest BCUT2D eigenvalue weighted by molar-refractivity contribution is 0.922. The van der Waals surface area contributed by atoms with Crippen LogP contribution in [0.15, 0.2) is 120 Å². The maximum Gasteiger partial charge on any atom is 0.0421 e. The molecule has 0 unspecified atom stereocenters. The van der Waals surface area contributed by atoms with Crippen LogP contribution in [0.5, 0.6) is 0 Å². The summed E-state index contributed by atoms with van der Waals surface area (Å²) in [7, 11) is 0. The van der Waals surface area contributed by atoms with Crippen LogP contribution in [0.2, 0.25) is 0 Å². The van der Waals surface area contributed by atoms with Crippen LogP contribution >= 0.6 is 22.7 Å². The zero-order chi connectivity index (χ0) is 28.5. The van der Waals surface area contributed by atoms with Crippen molar-refractivity contribution < 1.29 is 0 Å². The van der Waals surface area contributed by atoms with Gasteiger partial charge in [-0.1, -0.05) is 136 Å². The van der Waals surface area contributed by atoms with Gasteiger partial charge in [0, 0.05) is 31.3 Å². The SMILES string of the molecule is CCCc1ccc(-c2ccc(-c3scc4c3ccc3c(-c5ccc(-c6ccc(CCC)cc6)cc5)scc34)cc2)cc1. The first-order valence-corrected chi connectivity index (χ1v) is 16.8. The van der Waals surface area contributed by atoms with E-state index in [2.05, 4.69) is 134 Å². The van der Waals surface area contributed by atoms with Gasteiger partial charge in [-0.05, 0) is 68.1 Å². The maximum atomic E-state index is 2.34. The van der Waals surface area contributed by atoms with Gasteiger partial charge in [0.15, 0.2) is 0 Å². The highest BCUT2D eigenvalue weighted by Crippen LogP contribution is 2.44. The third-order valence-electron chi connectivity index (χ3n) is 8.31. The molecule has 0 aliphatic heterocycles. The molecule has 2 heteroatoms. The van der Waals surface area contributed by atoms with E-state index < -0.39 is 0 Å². The van der Waals surface area contributed by atoms with Crippen LogP contribution in [0.25, 0.3) is 64.7 Å². The van der Waals surface area contributed by atoms with Gasteiger partial charge in [-0.3, -0.25) is 0 Å². The van der Waals surface area contributed by atoms with E-state index in [1.165, 1.54) is 88.6 Å². The predicted molar refractivity (Wildman–Crippen MR) is 187 cm³/mol. The average Bonchev–Trinajstić information content (AvgIpc) is 3.67. The van der Waals surface area contributed by atoms with Gasteiger partial charge in [0.25, 0.3) is 0 Å². The Morgan fingerprint density at radius 3 is 1.00 bits per heavy atom. The number of thiophene rings is 2. The fourth-order valence-corrected chi connectivity index (χ4v) is 8.16. The van der Waals surface area contributed by atoms with Gasteiger partial charge in [-0.2, -0.15) is 0 Å². The van der Waals surface area contributed by atoms with Crippen molar-refractivity contribution in [3.05, 3.63) is 131 Å². The third kappa shape index (κ3) is 5.11. The Morgan fingerprint density at radius 1 is 0.357 bits per heavy atom. The van der Waals surface area contributed by atoms with E-state index in [1.54, 1.807) is 0 Å². The summed E-state index contributed by atoms with van der Waals surface area (Å²) in [5.74, 6) is 0. The molecule has 2 aromatic heterocycles. The summed E-state index contributed by atoms with van der Waals surface area (Å²) >= 11 is 3.71. The van der Waals surface area contributed by atoms with E-state index in [1.807, 2.05) is 22.7 Å². The van der Waals surface area contributed by atoms with E-state index in [-0.39, 0.29) is 0 Å². The molecule has 7 aromatic rings. The molecule has 0 atom stereocenters. The van der Waals surface area contributed by atoms with E-state index >= 15 is 0 Å². The molecule has 0 bridgehead atoms. The van der Waals surface area contributed by atoms with Gasteiger partial charge in [0.1, 0.15) is 0 Å². The first-order chi connectivity index (χ1) is 20.7. The summed E-state index contributed by atoms with van der Waals surface area (Å²) in [6.45, 7) is 4.46. The van der Waals surface area contributed by atoms with Crippen LogP contribution in [-0.4, -0.2) is 0 Å². The fraction of sp³-hybridized carbons (Fsp3) is 0.150. The Hall–Kier alpha value is -3.98. The van der Waals surface area contributed by atoms with E-state index in [0.29, 0.717) is 0 Å². The number of hydrogen-bond donors (Lipinski definition) is 0. The van der Waals surface area contributed by atoms with Crippen molar-refractivity contribution in [2.45, 2.75) is 39.5 Å². The molecule has 0 aliphatic carbocycles. The lowest BCUT2D eigenvalue weighted by Gasteiger charge is -2.07. The van der Waals surface area contributed by atoms with Gasteiger partial charge in [0.05, 0.1) is 0 Å². The van der Waals surface area contributed by atoms with Crippen LogP contribution < -0.4 is 0 Å². The molecule has 0 radical (unpaired) electrons. The largest absolute Gasteiger partial charge is 0.143 e. The molecule has 0 saturated carbocycles. The predicted octanol–water partition coefficient (Wildman–Crippen LogP) is 12.7. The van der Waals surface area contributed by atoms with Crippen LogP contribution in [-0.2, 0) is 12.8 Å². The minimum Gasteiger partial charge on any atom is -0.143 e. The molecule has 7 rings (SSSR count). The Balaban J connectivity index is 1.16. The molecule has 5 aromatic carbocycles. The molecule has 0 spiro atoms. The number of hydrogen-bond acceptors (Lipinski definition) is 2. The smallest absolute Gasteiger partial charge is 0.0421 e. The minimum atomic E-state index is 1.14. The summed E-state index contributed by atoms with van der Waals surface area (Å²) in [4.78, 5) is 2.69. The van der Waals surface area contributed by atoms with Crippen LogP contribution in [0.4, 0.5) is 0 Å². The normalized spacial score (nSPS) is 11.5. The molecule has 42 heavy (non-hydrogen) atoms. The molecule has 0 nitrogen and oxygen atoms in total. The minimum absolute atomic E-state index is 1.14. The Kier molecular flexibility index (Phi) is 7.50. The van der Waals surface area contributed by atoms with Crippen molar-refractivity contribution in [1.29, 1.82) is 0 Å². The molecule has 0 amide bonds. The van der Waals surface area contributed by atoms with Crippen molar-refractivity contribution >= 4 is 44.2 Å². The topological polar surface area (TPSA) is 0 Å². The summed E-state index contributed by atoms with van der Waals surface area (Å²) in [6.07, 6.45) is 4.65. The van der Waals surface area contributed by atoms with E-state index in [4.69, 9.17) is 0 Å². The van der Waals surface area contributed by atoms with E-state index in [9.17, 15) is 0 Å². The molecular weight excluding hydrogens is 545 g/mol. The number of aryl methyl sites for hydroxylation is 2. The fourth-order valence-electron chi connectivity index (χ4n) is 6.03. The number of fused-ring (bicyclic) bond motifs is 3. The van der Waals surface area contributed by atoms with Gasteiger partial charge < -0.3 is 0 Å². The lowest BCUT2D eigenvalue weighted by Crippen LogP contribution is -1.84. The molecule has 0 fully saturated rings. The second-order valence-electron chi connectivity index (χ2n) is 11.2. The molecule has 206 valence electrons. The van der Waals surface area contributed by atoms with E-state index in [0.717, 1.165) is 12.8 Å². The second-order valence-corrected chi connectivity index (χ2v) is 12.9. The van der Waals surface area contributed by atoms with Gasteiger partial charge in [0.2, 0.25) is 0 Å². The zero-order valence-corrected chi connectivity index (χ0v) is 25.8. The first kappa shape index (κ1) is 26.9.